The number of hydrogen-bond donors (Lipinski definition) is 2. The topological polar surface area (TPSA) is 73.1 Å². The van der Waals surface area contributed by atoms with E-state index in [2.05, 4.69) is 29.1 Å². The van der Waals surface area contributed by atoms with Gasteiger partial charge in [-0.3, -0.25) is 0 Å². The van der Waals surface area contributed by atoms with Crippen molar-refractivity contribution >= 4 is 5.95 Å². The Labute approximate surface area is 127 Å². The SMILES string of the molecule is CCCOc1cc(C)nc(NC2(CN)CCCC(C)C2)n1. The maximum atomic E-state index is 6.06. The first-order valence-electron chi connectivity index (χ1n) is 8.03. The summed E-state index contributed by atoms with van der Waals surface area (Å²) in [6.07, 6.45) is 5.61. The molecule has 21 heavy (non-hydrogen) atoms. The van der Waals surface area contributed by atoms with Crippen LogP contribution in [-0.2, 0) is 0 Å². The van der Waals surface area contributed by atoms with Gasteiger partial charge in [-0.05, 0) is 32.1 Å². The number of ether oxygens (including phenoxy) is 1. The summed E-state index contributed by atoms with van der Waals surface area (Å²) in [5, 5.41) is 3.50. The first-order valence-corrected chi connectivity index (χ1v) is 8.03. The molecule has 1 aliphatic rings. The standard InChI is InChI=1S/C16H28N4O/c1-4-8-21-14-9-13(3)18-15(19-14)20-16(11-17)7-5-6-12(2)10-16/h9,12H,4-8,10-11,17H2,1-3H3,(H,18,19,20). The summed E-state index contributed by atoms with van der Waals surface area (Å²) in [6.45, 7) is 7.62. The highest BCUT2D eigenvalue weighted by Crippen LogP contribution is 2.34. The van der Waals surface area contributed by atoms with E-state index in [1.165, 1.54) is 12.8 Å². The molecular weight excluding hydrogens is 264 g/mol. The third-order valence-electron chi connectivity index (χ3n) is 4.14. The van der Waals surface area contributed by atoms with E-state index < -0.39 is 0 Å². The Morgan fingerprint density at radius 1 is 1.48 bits per heavy atom. The maximum Gasteiger partial charge on any atom is 0.226 e. The van der Waals surface area contributed by atoms with Gasteiger partial charge in [-0.25, -0.2) is 4.98 Å². The second kappa shape index (κ2) is 7.07. The van der Waals surface area contributed by atoms with Crippen molar-refractivity contribution in [1.82, 2.24) is 9.97 Å². The van der Waals surface area contributed by atoms with Crippen molar-refractivity contribution in [2.45, 2.75) is 58.4 Å². The van der Waals surface area contributed by atoms with Gasteiger partial charge in [-0.15, -0.1) is 0 Å². The summed E-state index contributed by atoms with van der Waals surface area (Å²) in [5.41, 5.74) is 6.89. The van der Waals surface area contributed by atoms with Crippen LogP contribution in [0, 0.1) is 12.8 Å². The van der Waals surface area contributed by atoms with Gasteiger partial charge in [-0.2, -0.15) is 4.98 Å². The van der Waals surface area contributed by atoms with Gasteiger partial charge >= 0.3 is 0 Å². The fourth-order valence-corrected chi connectivity index (χ4v) is 3.12. The van der Waals surface area contributed by atoms with Crippen LogP contribution in [0.4, 0.5) is 5.95 Å². The number of nitrogens with two attached hydrogens (primary N) is 1. The van der Waals surface area contributed by atoms with Crippen LogP contribution in [0.5, 0.6) is 5.88 Å². The summed E-state index contributed by atoms with van der Waals surface area (Å²) in [7, 11) is 0. The normalized spacial score (nSPS) is 25.6. The van der Waals surface area contributed by atoms with Gasteiger partial charge in [0.15, 0.2) is 0 Å². The minimum Gasteiger partial charge on any atom is -0.478 e. The average Bonchev–Trinajstić information content (AvgIpc) is 2.44. The Balaban J connectivity index is 2.14. The monoisotopic (exact) mass is 292 g/mol. The number of nitrogens with zero attached hydrogens (tertiary/aromatic N) is 2. The molecule has 0 spiro atoms. The van der Waals surface area contributed by atoms with Gasteiger partial charge in [0.2, 0.25) is 11.8 Å². The van der Waals surface area contributed by atoms with Gasteiger partial charge in [0, 0.05) is 18.3 Å². The minimum absolute atomic E-state index is 0.0759. The maximum absolute atomic E-state index is 6.06. The summed E-state index contributed by atoms with van der Waals surface area (Å²) in [4.78, 5) is 8.98. The molecule has 1 fully saturated rings. The lowest BCUT2D eigenvalue weighted by atomic mass is 9.76. The van der Waals surface area contributed by atoms with E-state index in [0.29, 0.717) is 30.9 Å². The summed E-state index contributed by atoms with van der Waals surface area (Å²) >= 11 is 0. The highest BCUT2D eigenvalue weighted by molar-refractivity contribution is 5.34. The van der Waals surface area contributed by atoms with Crippen LogP contribution in [0.15, 0.2) is 6.07 Å². The van der Waals surface area contributed by atoms with Crippen molar-refractivity contribution in [1.29, 1.82) is 0 Å². The van der Waals surface area contributed by atoms with Crippen molar-refractivity contribution in [2.24, 2.45) is 11.7 Å². The lowest BCUT2D eigenvalue weighted by Crippen LogP contribution is -2.49. The third-order valence-corrected chi connectivity index (χ3v) is 4.14. The van der Waals surface area contributed by atoms with Crippen molar-refractivity contribution in [3.63, 3.8) is 0 Å². The van der Waals surface area contributed by atoms with Gasteiger partial charge in [-0.1, -0.05) is 26.7 Å². The fraction of sp³-hybridized carbons (Fsp3) is 0.750. The highest BCUT2D eigenvalue weighted by Gasteiger charge is 2.34. The van der Waals surface area contributed by atoms with Crippen LogP contribution < -0.4 is 15.8 Å². The zero-order chi connectivity index (χ0) is 15.3. The minimum atomic E-state index is -0.0759. The molecule has 0 aromatic carbocycles. The number of anilines is 1. The Morgan fingerprint density at radius 2 is 2.29 bits per heavy atom. The zero-order valence-corrected chi connectivity index (χ0v) is 13.5. The molecule has 2 atom stereocenters. The molecule has 1 saturated carbocycles. The molecule has 2 rings (SSSR count). The predicted molar refractivity (Wildman–Crippen MR) is 85.6 cm³/mol. The lowest BCUT2D eigenvalue weighted by Gasteiger charge is -2.40. The molecule has 5 heteroatoms. The Kier molecular flexibility index (Phi) is 5.39. The Bertz CT molecular complexity index is 466. The molecule has 0 radical (unpaired) electrons. The molecule has 118 valence electrons. The van der Waals surface area contributed by atoms with Gasteiger partial charge < -0.3 is 15.8 Å². The van der Waals surface area contributed by atoms with E-state index in [0.717, 1.165) is 25.0 Å². The molecule has 1 aliphatic carbocycles. The predicted octanol–water partition coefficient (Wildman–Crippen LogP) is 2.89. The van der Waals surface area contributed by atoms with Crippen molar-refractivity contribution in [3.05, 3.63) is 11.8 Å². The Hall–Kier alpha value is -1.36. The first kappa shape index (κ1) is 16.0. The molecular formula is C16H28N4O. The average molecular weight is 292 g/mol. The zero-order valence-electron chi connectivity index (χ0n) is 13.5. The largest absolute Gasteiger partial charge is 0.478 e. The van der Waals surface area contributed by atoms with Crippen LogP contribution in [0.2, 0.25) is 0 Å². The Morgan fingerprint density at radius 3 is 2.95 bits per heavy atom. The molecule has 1 heterocycles. The van der Waals surface area contributed by atoms with Crippen molar-refractivity contribution < 1.29 is 4.74 Å². The van der Waals surface area contributed by atoms with Gasteiger partial charge in [0.1, 0.15) is 0 Å². The molecule has 0 bridgehead atoms. The number of aromatic nitrogens is 2. The summed E-state index contributed by atoms with van der Waals surface area (Å²) in [5.74, 6) is 1.97. The van der Waals surface area contributed by atoms with E-state index in [1.54, 1.807) is 0 Å². The van der Waals surface area contributed by atoms with Gasteiger partial charge in [0.25, 0.3) is 0 Å². The second-order valence-corrected chi connectivity index (χ2v) is 6.33. The lowest BCUT2D eigenvalue weighted by molar-refractivity contribution is 0.262. The van der Waals surface area contributed by atoms with E-state index in [1.807, 2.05) is 13.0 Å². The number of aryl methyl sites for hydroxylation is 1. The van der Waals surface area contributed by atoms with Crippen LogP contribution in [0.3, 0.4) is 0 Å². The summed E-state index contributed by atoms with van der Waals surface area (Å²) in [6, 6.07) is 1.87. The third kappa shape index (κ3) is 4.30. The second-order valence-electron chi connectivity index (χ2n) is 6.33. The van der Waals surface area contributed by atoms with Crippen molar-refractivity contribution in [2.75, 3.05) is 18.5 Å². The summed E-state index contributed by atoms with van der Waals surface area (Å²) < 4.78 is 5.63. The van der Waals surface area contributed by atoms with Crippen LogP contribution in [0.1, 0.15) is 51.6 Å². The van der Waals surface area contributed by atoms with E-state index in [4.69, 9.17) is 10.5 Å². The van der Waals surface area contributed by atoms with E-state index >= 15 is 0 Å². The number of hydrogen-bond acceptors (Lipinski definition) is 5. The fourth-order valence-electron chi connectivity index (χ4n) is 3.12. The molecule has 1 aromatic heterocycles. The molecule has 0 amide bonds. The molecule has 3 N–H and O–H groups in total. The number of nitrogens with one attached hydrogen (secondary N) is 1. The van der Waals surface area contributed by atoms with Crippen LogP contribution >= 0.6 is 0 Å². The quantitative estimate of drug-likeness (QED) is 0.843. The van der Waals surface area contributed by atoms with E-state index in [9.17, 15) is 0 Å². The van der Waals surface area contributed by atoms with E-state index in [-0.39, 0.29) is 5.54 Å². The number of rotatable bonds is 6. The first-order chi connectivity index (χ1) is 10.1. The van der Waals surface area contributed by atoms with Crippen molar-refractivity contribution in [3.8, 4) is 5.88 Å². The molecule has 0 aliphatic heterocycles. The molecule has 2 unspecified atom stereocenters. The van der Waals surface area contributed by atoms with Gasteiger partial charge in [0.05, 0.1) is 12.1 Å². The smallest absolute Gasteiger partial charge is 0.226 e. The molecule has 5 nitrogen and oxygen atoms in total. The van der Waals surface area contributed by atoms with Crippen LogP contribution in [0.25, 0.3) is 0 Å². The highest BCUT2D eigenvalue weighted by atomic mass is 16.5. The van der Waals surface area contributed by atoms with Crippen LogP contribution in [-0.4, -0.2) is 28.7 Å². The molecule has 1 aromatic rings. The molecule has 0 saturated heterocycles.